The summed E-state index contributed by atoms with van der Waals surface area (Å²) < 4.78 is 4.77. The van der Waals surface area contributed by atoms with Gasteiger partial charge >= 0.3 is 0 Å². The highest BCUT2D eigenvalue weighted by atomic mass is 32.1. The normalized spacial score (nSPS) is 17.2. The van der Waals surface area contributed by atoms with Crippen LogP contribution in [0.1, 0.15) is 28.5 Å². The molecule has 1 atom stereocenters. The number of rotatable bonds is 5. The number of nitrogens with zero attached hydrogens (tertiary/aromatic N) is 3. The first-order valence-electron chi connectivity index (χ1n) is 7.97. The van der Waals surface area contributed by atoms with Crippen LogP contribution in [-0.4, -0.2) is 42.3 Å². The van der Waals surface area contributed by atoms with Gasteiger partial charge in [0.1, 0.15) is 11.6 Å². The van der Waals surface area contributed by atoms with Gasteiger partial charge in [0.25, 0.3) is 5.91 Å². The van der Waals surface area contributed by atoms with Crippen LogP contribution in [0.25, 0.3) is 0 Å². The largest absolute Gasteiger partial charge is 0.375 e. The summed E-state index contributed by atoms with van der Waals surface area (Å²) in [5.41, 5.74) is 3.27. The molecule has 2 heterocycles. The Bertz CT molecular complexity index is 805. The highest BCUT2D eigenvalue weighted by molar-refractivity contribution is 7.15. The second-order valence-electron chi connectivity index (χ2n) is 6.10. The van der Waals surface area contributed by atoms with E-state index >= 15 is 0 Å². The fourth-order valence-corrected chi connectivity index (χ4v) is 3.60. The Morgan fingerprint density at radius 3 is 2.88 bits per heavy atom. The van der Waals surface area contributed by atoms with Crippen LogP contribution in [-0.2, 0) is 14.3 Å². The van der Waals surface area contributed by atoms with Gasteiger partial charge in [-0.15, -0.1) is 10.2 Å². The maximum Gasteiger partial charge on any atom is 0.252 e. The molecule has 1 fully saturated rings. The van der Waals surface area contributed by atoms with Crippen LogP contribution in [0.4, 0.5) is 10.8 Å². The molecule has 0 bridgehead atoms. The molecule has 25 heavy (non-hydrogen) atoms. The van der Waals surface area contributed by atoms with E-state index in [2.05, 4.69) is 15.5 Å². The van der Waals surface area contributed by atoms with Crippen LogP contribution in [0, 0.1) is 13.8 Å². The zero-order valence-corrected chi connectivity index (χ0v) is 15.2. The topological polar surface area (TPSA) is 84.4 Å². The Balaban J connectivity index is 1.71. The molecule has 0 spiro atoms. The van der Waals surface area contributed by atoms with Crippen molar-refractivity contribution in [2.45, 2.75) is 26.2 Å². The lowest BCUT2D eigenvalue weighted by Crippen LogP contribution is -2.24. The Morgan fingerprint density at radius 1 is 1.36 bits per heavy atom. The van der Waals surface area contributed by atoms with E-state index in [1.807, 2.05) is 32.0 Å². The highest BCUT2D eigenvalue weighted by Crippen LogP contribution is 2.34. The minimum absolute atomic E-state index is 0.0142. The Kier molecular flexibility index (Phi) is 5.10. The summed E-state index contributed by atoms with van der Waals surface area (Å²) in [5, 5.41) is 11.9. The number of aryl methyl sites for hydroxylation is 2. The van der Waals surface area contributed by atoms with Crippen LogP contribution in [0.2, 0.25) is 0 Å². The molecule has 0 radical (unpaired) electrons. The molecule has 1 aliphatic heterocycles. The molecule has 0 unspecified atom stereocenters. The molecule has 1 aromatic heterocycles. The quantitative estimate of drug-likeness (QED) is 0.884. The number of aromatic nitrogens is 2. The molecule has 1 N–H and O–H groups in total. The zero-order chi connectivity index (χ0) is 18.0. The van der Waals surface area contributed by atoms with E-state index in [1.165, 1.54) is 24.0 Å². The third-order valence-corrected chi connectivity index (χ3v) is 5.24. The van der Waals surface area contributed by atoms with Gasteiger partial charge in [0.05, 0.1) is 0 Å². The lowest BCUT2D eigenvalue weighted by atomic mass is 10.1. The van der Waals surface area contributed by atoms with Gasteiger partial charge in [0.2, 0.25) is 11.0 Å². The Labute approximate surface area is 150 Å². The second kappa shape index (κ2) is 7.28. The summed E-state index contributed by atoms with van der Waals surface area (Å²) >= 11 is 1.30. The van der Waals surface area contributed by atoms with Crippen molar-refractivity contribution in [1.82, 2.24) is 10.2 Å². The predicted octanol–water partition coefficient (Wildman–Crippen LogP) is 2.26. The molecule has 1 saturated heterocycles. The zero-order valence-electron chi connectivity index (χ0n) is 14.4. The summed E-state index contributed by atoms with van der Waals surface area (Å²) in [6.45, 7) is 4.63. The van der Waals surface area contributed by atoms with E-state index in [0.29, 0.717) is 18.1 Å². The lowest BCUT2D eigenvalue weighted by Gasteiger charge is -2.17. The Hall–Kier alpha value is -2.32. The van der Waals surface area contributed by atoms with Crippen molar-refractivity contribution in [3.05, 3.63) is 34.3 Å². The summed E-state index contributed by atoms with van der Waals surface area (Å²) in [5.74, 6) is -0.211. The van der Waals surface area contributed by atoms with Gasteiger partial charge < -0.3 is 9.64 Å². The van der Waals surface area contributed by atoms with Crippen molar-refractivity contribution < 1.29 is 14.3 Å². The second-order valence-corrected chi connectivity index (χ2v) is 7.11. The van der Waals surface area contributed by atoms with Crippen molar-refractivity contribution >= 4 is 34.0 Å². The first-order valence-corrected chi connectivity index (χ1v) is 8.79. The molecule has 1 aromatic carbocycles. The average Bonchev–Trinajstić information content (AvgIpc) is 3.17. The number of hydrogen-bond donors (Lipinski definition) is 1. The standard InChI is InChI=1S/C17H20N4O3S/c1-10-4-5-13(6-11(10)2)21-8-12(7-15(21)23)16-19-20-17(25-16)18-14(22)9-24-3/h4-6,12H,7-9H2,1-3H3,(H,18,20,22)/t12-/m0/s1. The fraction of sp³-hybridized carbons (Fsp3) is 0.412. The maximum absolute atomic E-state index is 12.4. The van der Waals surface area contributed by atoms with E-state index in [9.17, 15) is 9.59 Å². The molecule has 1 aliphatic rings. The minimum Gasteiger partial charge on any atom is -0.375 e. The maximum atomic E-state index is 12.4. The van der Waals surface area contributed by atoms with E-state index in [1.54, 1.807) is 4.90 Å². The number of benzene rings is 1. The number of amides is 2. The molecule has 8 heteroatoms. The molecular formula is C17H20N4O3S. The van der Waals surface area contributed by atoms with Crippen molar-refractivity contribution in [3.63, 3.8) is 0 Å². The van der Waals surface area contributed by atoms with E-state index in [0.717, 1.165) is 16.3 Å². The smallest absolute Gasteiger partial charge is 0.252 e. The van der Waals surface area contributed by atoms with Crippen LogP contribution in [0.15, 0.2) is 18.2 Å². The Morgan fingerprint density at radius 2 is 2.16 bits per heavy atom. The number of ether oxygens (including phenoxy) is 1. The molecule has 2 amide bonds. The van der Waals surface area contributed by atoms with Gasteiger partial charge in [0.15, 0.2) is 0 Å². The number of nitrogens with one attached hydrogen (secondary N) is 1. The highest BCUT2D eigenvalue weighted by Gasteiger charge is 2.34. The third-order valence-electron chi connectivity index (χ3n) is 4.24. The lowest BCUT2D eigenvalue weighted by molar-refractivity contribution is -0.119. The number of carbonyl (C=O) groups excluding carboxylic acids is 2. The van der Waals surface area contributed by atoms with Crippen molar-refractivity contribution in [2.24, 2.45) is 0 Å². The fourth-order valence-electron chi connectivity index (χ4n) is 2.75. The van der Waals surface area contributed by atoms with Gasteiger partial charge in [-0.25, -0.2) is 0 Å². The molecule has 0 saturated carbocycles. The van der Waals surface area contributed by atoms with Crippen molar-refractivity contribution in [2.75, 3.05) is 30.5 Å². The van der Waals surface area contributed by atoms with E-state index in [4.69, 9.17) is 4.74 Å². The SMILES string of the molecule is COCC(=O)Nc1nnc([C@H]2CC(=O)N(c3ccc(C)c(C)c3)C2)s1. The number of hydrogen-bond acceptors (Lipinski definition) is 6. The molecular weight excluding hydrogens is 340 g/mol. The van der Waals surface area contributed by atoms with Gasteiger partial charge in [-0.05, 0) is 37.1 Å². The number of anilines is 2. The summed E-state index contributed by atoms with van der Waals surface area (Å²) in [4.78, 5) is 25.7. The first kappa shape index (κ1) is 17.5. The van der Waals surface area contributed by atoms with Crippen LogP contribution < -0.4 is 10.2 Å². The predicted molar refractivity (Wildman–Crippen MR) is 96.0 cm³/mol. The first-order chi connectivity index (χ1) is 12.0. The van der Waals surface area contributed by atoms with E-state index < -0.39 is 0 Å². The monoisotopic (exact) mass is 360 g/mol. The van der Waals surface area contributed by atoms with Crippen molar-refractivity contribution in [1.29, 1.82) is 0 Å². The third kappa shape index (κ3) is 3.85. The van der Waals surface area contributed by atoms with Gasteiger partial charge in [-0.2, -0.15) is 0 Å². The van der Waals surface area contributed by atoms with Crippen LogP contribution in [0.3, 0.4) is 0 Å². The van der Waals surface area contributed by atoms with Gasteiger partial charge in [0, 0.05) is 31.7 Å². The van der Waals surface area contributed by atoms with Gasteiger partial charge in [-0.1, -0.05) is 17.4 Å². The van der Waals surface area contributed by atoms with E-state index in [-0.39, 0.29) is 24.3 Å². The van der Waals surface area contributed by atoms with Crippen LogP contribution >= 0.6 is 11.3 Å². The van der Waals surface area contributed by atoms with Crippen LogP contribution in [0.5, 0.6) is 0 Å². The molecule has 0 aliphatic carbocycles. The molecule has 3 rings (SSSR count). The summed E-state index contributed by atoms with van der Waals surface area (Å²) in [6, 6.07) is 6.03. The summed E-state index contributed by atoms with van der Waals surface area (Å²) in [6.07, 6.45) is 0.396. The molecule has 132 valence electrons. The molecule has 2 aromatic rings. The average molecular weight is 360 g/mol. The molecule has 7 nitrogen and oxygen atoms in total. The van der Waals surface area contributed by atoms with Gasteiger partial charge in [-0.3, -0.25) is 14.9 Å². The van der Waals surface area contributed by atoms with Crippen molar-refractivity contribution in [3.8, 4) is 0 Å². The number of methoxy groups -OCH3 is 1. The minimum atomic E-state index is -0.274. The number of carbonyl (C=O) groups is 2. The summed E-state index contributed by atoms with van der Waals surface area (Å²) in [7, 11) is 1.45.